The van der Waals surface area contributed by atoms with Gasteiger partial charge in [0.05, 0.1) is 30.7 Å². The fourth-order valence-electron chi connectivity index (χ4n) is 5.53. The highest BCUT2D eigenvalue weighted by atomic mass is 32.2. The molecule has 2 N–H and O–H groups in total. The third kappa shape index (κ3) is 4.34. The molecule has 6 rings (SSSR count). The normalized spacial score (nSPS) is 27.2. The number of anilines is 1. The summed E-state index contributed by atoms with van der Waals surface area (Å²) in [5, 5.41) is 12.0. The fourth-order valence-corrected chi connectivity index (χ4v) is 6.70. The Bertz CT molecular complexity index is 1370. The molecule has 3 fully saturated rings. The van der Waals surface area contributed by atoms with E-state index < -0.39 is 22.1 Å². The van der Waals surface area contributed by atoms with E-state index in [1.54, 1.807) is 10.6 Å². The molecule has 0 spiro atoms. The number of hydrogen-bond donors (Lipinski definition) is 2. The Labute approximate surface area is 213 Å². The summed E-state index contributed by atoms with van der Waals surface area (Å²) in [5.74, 6) is -0.302. The van der Waals surface area contributed by atoms with Gasteiger partial charge < -0.3 is 19.7 Å². The van der Waals surface area contributed by atoms with Crippen LogP contribution in [0.25, 0.3) is 5.65 Å². The third-order valence-electron chi connectivity index (χ3n) is 7.56. The van der Waals surface area contributed by atoms with E-state index in [9.17, 15) is 17.6 Å². The van der Waals surface area contributed by atoms with Gasteiger partial charge in [-0.15, -0.1) is 10.2 Å². The maximum Gasteiger partial charge on any atom is 0.457 e. The van der Waals surface area contributed by atoms with E-state index >= 15 is 0 Å². The molecule has 200 valence electrons. The number of alkyl halides is 1. The van der Waals surface area contributed by atoms with Gasteiger partial charge in [-0.2, -0.15) is 4.58 Å². The van der Waals surface area contributed by atoms with Crippen molar-refractivity contribution in [1.29, 1.82) is 0 Å². The summed E-state index contributed by atoms with van der Waals surface area (Å²) >= 11 is 0. The Morgan fingerprint density at radius 1 is 1.30 bits per heavy atom. The van der Waals surface area contributed by atoms with Crippen molar-refractivity contribution in [1.82, 2.24) is 24.6 Å². The number of amides is 1. The lowest BCUT2D eigenvalue weighted by atomic mass is 9.88. The lowest BCUT2D eigenvalue weighted by Gasteiger charge is -2.39. The molecule has 0 unspecified atom stereocenters. The number of sulfonamides is 1. The highest BCUT2D eigenvalue weighted by molar-refractivity contribution is 7.89. The van der Waals surface area contributed by atoms with Crippen molar-refractivity contribution in [3.8, 4) is 0 Å². The summed E-state index contributed by atoms with van der Waals surface area (Å²) in [5.41, 5.74) is 1.01. The Balaban J connectivity index is 1.42. The van der Waals surface area contributed by atoms with Crippen LogP contribution in [0.15, 0.2) is 17.2 Å². The van der Waals surface area contributed by atoms with Gasteiger partial charge in [0.25, 0.3) is 5.82 Å². The first kappa shape index (κ1) is 24.8. The number of halogens is 1. The number of pyridine rings is 1. The maximum atomic E-state index is 13.6. The number of ether oxygens (including phenoxy) is 2. The van der Waals surface area contributed by atoms with Crippen molar-refractivity contribution in [3.63, 3.8) is 0 Å². The van der Waals surface area contributed by atoms with Crippen LogP contribution in [-0.2, 0) is 19.5 Å². The van der Waals surface area contributed by atoms with Crippen molar-refractivity contribution in [3.05, 3.63) is 18.1 Å². The maximum absolute atomic E-state index is 13.6. The molecule has 0 aliphatic carbocycles. The lowest BCUT2D eigenvalue weighted by molar-refractivity contribution is -0.439. The predicted molar refractivity (Wildman–Crippen MR) is 130 cm³/mol. The number of nitrogens with one attached hydrogen (secondary N) is 2. The summed E-state index contributed by atoms with van der Waals surface area (Å²) in [6.45, 7) is 5.76. The van der Waals surface area contributed by atoms with Gasteiger partial charge in [0, 0.05) is 37.9 Å². The molecule has 37 heavy (non-hydrogen) atoms. The standard InChI is InChI=1S/C23H31FN7O5S/c1-14-5-29(6-15(2)26-14)19-4-18(37(33,34)25-11-23(10-24)12-35-13-23)8-31-20(19)27-28-21(31)22(32)30-7-17-3-16(30)9-36-17/h4,8,14-15,17,25-26H,3,5-7,9-13H2,1-2H3/q+1/t14-,15-,17-/m0/s1. The molecule has 0 radical (unpaired) electrons. The van der Waals surface area contributed by atoms with E-state index in [0.29, 0.717) is 44.0 Å². The first-order valence-electron chi connectivity index (χ1n) is 12.5. The van der Waals surface area contributed by atoms with Gasteiger partial charge in [0.15, 0.2) is 17.9 Å². The quantitative estimate of drug-likeness (QED) is 0.453. The molecule has 1 amide bonds. The van der Waals surface area contributed by atoms with Crippen molar-refractivity contribution in [2.75, 3.05) is 57.6 Å². The largest absolute Gasteiger partial charge is 0.457 e. The molecule has 14 heteroatoms. The van der Waals surface area contributed by atoms with E-state index in [-0.39, 0.29) is 54.6 Å². The van der Waals surface area contributed by atoms with E-state index in [4.69, 9.17) is 9.47 Å². The van der Waals surface area contributed by atoms with Gasteiger partial charge in [0.1, 0.15) is 24.3 Å². The SMILES string of the molecule is C[C@H]1CN(c2cc(S(=O)(=O)NCC3(CF)COC3)cn3c(C(=O)[N+]4=C5CO[C@@H](C5)C4)nnc23)C[C@H](C)N1. The van der Waals surface area contributed by atoms with Crippen molar-refractivity contribution >= 4 is 33.0 Å². The molecule has 4 aliphatic rings. The van der Waals surface area contributed by atoms with Crippen LogP contribution in [0.3, 0.4) is 0 Å². The van der Waals surface area contributed by atoms with Crippen LogP contribution < -0.4 is 14.9 Å². The third-order valence-corrected chi connectivity index (χ3v) is 8.93. The first-order valence-corrected chi connectivity index (χ1v) is 14.0. The zero-order valence-corrected chi connectivity index (χ0v) is 21.6. The number of hydrogen-bond acceptors (Lipinski definition) is 9. The second kappa shape index (κ2) is 9.05. The molecule has 12 nitrogen and oxygen atoms in total. The zero-order valence-electron chi connectivity index (χ0n) is 20.8. The molecule has 2 bridgehead atoms. The number of carbonyl (C=O) groups excluding carboxylic acids is 1. The smallest absolute Gasteiger partial charge is 0.380 e. The molecular weight excluding hydrogens is 505 g/mol. The fraction of sp³-hybridized carbons (Fsp3) is 0.652. The summed E-state index contributed by atoms with van der Waals surface area (Å²) in [6, 6.07) is 1.88. The van der Waals surface area contributed by atoms with Gasteiger partial charge in [-0.05, 0) is 19.9 Å². The Hall–Kier alpha value is -2.52. The summed E-state index contributed by atoms with van der Waals surface area (Å²) in [4.78, 5) is 15.5. The van der Waals surface area contributed by atoms with Gasteiger partial charge in [-0.3, -0.25) is 8.79 Å². The van der Waals surface area contributed by atoms with E-state index in [2.05, 4.69) is 39.0 Å². The highest BCUT2D eigenvalue weighted by Gasteiger charge is 2.44. The summed E-state index contributed by atoms with van der Waals surface area (Å²) in [6.07, 6.45) is 2.06. The van der Waals surface area contributed by atoms with Crippen LogP contribution in [0.4, 0.5) is 10.1 Å². The molecule has 3 atom stereocenters. The number of piperazine rings is 1. The second-order valence-corrected chi connectivity index (χ2v) is 12.5. The monoisotopic (exact) mass is 536 g/mol. The minimum atomic E-state index is -4.05. The van der Waals surface area contributed by atoms with Crippen LogP contribution in [0.2, 0.25) is 0 Å². The van der Waals surface area contributed by atoms with E-state index in [1.807, 2.05) is 0 Å². The van der Waals surface area contributed by atoms with Gasteiger partial charge >= 0.3 is 5.91 Å². The first-order chi connectivity index (χ1) is 17.7. The Morgan fingerprint density at radius 2 is 2.05 bits per heavy atom. The number of rotatable bonds is 7. The van der Waals surface area contributed by atoms with Crippen LogP contribution in [-0.4, -0.2) is 110 Å². The van der Waals surface area contributed by atoms with Crippen LogP contribution in [0, 0.1) is 5.41 Å². The minimum absolute atomic E-state index is 0.0176. The topological polar surface area (TPSA) is 130 Å². The van der Waals surface area contributed by atoms with Crippen LogP contribution in [0.1, 0.15) is 30.9 Å². The number of fused-ring (bicyclic) bond motifs is 3. The molecule has 3 saturated heterocycles. The summed E-state index contributed by atoms with van der Waals surface area (Å²) in [7, 11) is -4.05. The Morgan fingerprint density at radius 3 is 2.65 bits per heavy atom. The molecular formula is C23H31FN7O5S+. The molecule has 6 heterocycles. The number of nitrogens with zero attached hydrogens (tertiary/aromatic N) is 5. The molecule has 0 aromatic carbocycles. The van der Waals surface area contributed by atoms with Crippen molar-refractivity contribution < 1.29 is 31.7 Å². The second-order valence-electron chi connectivity index (χ2n) is 10.7. The lowest BCUT2D eigenvalue weighted by Crippen LogP contribution is -2.54. The van der Waals surface area contributed by atoms with Gasteiger partial charge in [-0.25, -0.2) is 17.9 Å². The number of carbonyl (C=O) groups is 1. The van der Waals surface area contributed by atoms with Crippen LogP contribution in [0.5, 0.6) is 0 Å². The predicted octanol–water partition coefficient (Wildman–Crippen LogP) is -0.423. The highest BCUT2D eigenvalue weighted by Crippen LogP contribution is 2.30. The average molecular weight is 537 g/mol. The van der Waals surface area contributed by atoms with Crippen molar-refractivity contribution in [2.45, 2.75) is 43.4 Å². The van der Waals surface area contributed by atoms with Gasteiger partial charge in [-0.1, -0.05) is 0 Å². The summed E-state index contributed by atoms with van der Waals surface area (Å²) < 4.78 is 56.8. The Kier molecular flexibility index (Phi) is 6.06. The molecule has 2 aromatic rings. The average Bonchev–Trinajstić information content (AvgIpc) is 3.58. The molecule has 2 aromatic heterocycles. The zero-order chi connectivity index (χ0) is 25.9. The number of aromatic nitrogens is 3. The molecule has 4 aliphatic heterocycles. The minimum Gasteiger partial charge on any atom is -0.380 e. The van der Waals surface area contributed by atoms with E-state index in [0.717, 1.165) is 5.71 Å². The van der Waals surface area contributed by atoms with Crippen LogP contribution >= 0.6 is 0 Å². The van der Waals surface area contributed by atoms with Gasteiger partial charge in [0.2, 0.25) is 10.0 Å². The molecule has 0 saturated carbocycles. The van der Waals surface area contributed by atoms with E-state index in [1.165, 1.54) is 10.6 Å². The van der Waals surface area contributed by atoms with Crippen molar-refractivity contribution in [2.24, 2.45) is 5.41 Å².